The van der Waals surface area contributed by atoms with Crippen molar-refractivity contribution < 1.29 is 13.2 Å². The Morgan fingerprint density at radius 1 is 1.21 bits per heavy atom. The fourth-order valence-electron chi connectivity index (χ4n) is 5.85. The van der Waals surface area contributed by atoms with Gasteiger partial charge in [-0.05, 0) is 36.3 Å². The lowest BCUT2D eigenvalue weighted by Crippen LogP contribution is -2.66. The van der Waals surface area contributed by atoms with Crippen molar-refractivity contribution in [3.63, 3.8) is 0 Å². The predicted octanol–water partition coefficient (Wildman–Crippen LogP) is 2.55. The minimum atomic E-state index is -3.01. The van der Waals surface area contributed by atoms with Crippen molar-refractivity contribution in [2.24, 2.45) is 11.3 Å². The van der Waals surface area contributed by atoms with Gasteiger partial charge >= 0.3 is 0 Å². The molecule has 8 nitrogen and oxygen atoms in total. The molecule has 3 aromatic rings. The molecule has 3 aliphatic rings. The molecule has 2 N–H and O–H groups in total. The monoisotopic (exact) mass is 481 g/mol. The van der Waals surface area contributed by atoms with Gasteiger partial charge < -0.3 is 19.9 Å². The number of hydrogen-bond donors (Lipinski definition) is 1. The molecule has 0 atom stereocenters. The Bertz CT molecular complexity index is 1330. The summed E-state index contributed by atoms with van der Waals surface area (Å²) in [4.78, 5) is 11.4. The molecule has 0 bridgehead atoms. The zero-order valence-corrected chi connectivity index (χ0v) is 20.3. The van der Waals surface area contributed by atoms with Crippen molar-refractivity contribution >= 4 is 26.7 Å². The topological polar surface area (TPSA) is 103 Å². The van der Waals surface area contributed by atoms with Crippen LogP contribution in [0.25, 0.3) is 22.2 Å². The number of nitrogens with two attached hydrogens (primary N) is 1. The Hall–Kier alpha value is -2.49. The number of anilines is 1. The highest BCUT2D eigenvalue weighted by Gasteiger charge is 2.49. The van der Waals surface area contributed by atoms with Crippen molar-refractivity contribution in [1.29, 1.82) is 0 Å². The number of likely N-dealkylation sites (tertiary alicyclic amines) is 1. The molecule has 1 aromatic carbocycles. The van der Waals surface area contributed by atoms with Gasteiger partial charge in [-0.2, -0.15) is 0 Å². The van der Waals surface area contributed by atoms with Gasteiger partial charge in [0.1, 0.15) is 27.6 Å². The highest BCUT2D eigenvalue weighted by molar-refractivity contribution is 7.90. The zero-order valence-electron chi connectivity index (χ0n) is 19.5. The third kappa shape index (κ3) is 3.99. The van der Waals surface area contributed by atoms with Crippen LogP contribution in [0, 0.1) is 11.3 Å². The quantitative estimate of drug-likeness (QED) is 0.553. The summed E-state index contributed by atoms with van der Waals surface area (Å²) in [6.45, 7) is 5.41. The smallest absolute Gasteiger partial charge is 0.147 e. The van der Waals surface area contributed by atoms with Crippen LogP contribution in [0.15, 0.2) is 36.8 Å². The van der Waals surface area contributed by atoms with E-state index in [2.05, 4.69) is 31.7 Å². The first-order valence-corrected chi connectivity index (χ1v) is 14.0. The first kappa shape index (κ1) is 22.0. The summed E-state index contributed by atoms with van der Waals surface area (Å²) in [5.41, 5.74) is 10.7. The maximum Gasteiger partial charge on any atom is 0.147 e. The Morgan fingerprint density at radius 2 is 2.00 bits per heavy atom. The fraction of sp³-hybridized carbons (Fsp3) is 0.520. The van der Waals surface area contributed by atoms with Gasteiger partial charge in [0.25, 0.3) is 0 Å². The Morgan fingerprint density at radius 3 is 2.71 bits per heavy atom. The SMILES string of the molecule is CS(=O)(=O)CCc1cccc(-c2cn(C3CC(CN4CC5(COC5)C4)C3)c3ncnc(N)c23)c1. The molecular formula is C25H31N5O3S. The molecule has 2 saturated heterocycles. The Kier molecular flexibility index (Phi) is 5.20. The summed E-state index contributed by atoms with van der Waals surface area (Å²) in [5, 5.41) is 0.876. The van der Waals surface area contributed by atoms with E-state index in [9.17, 15) is 8.42 Å². The zero-order chi connectivity index (χ0) is 23.5. The van der Waals surface area contributed by atoms with Crippen molar-refractivity contribution in [2.45, 2.75) is 25.3 Å². The maximum absolute atomic E-state index is 11.6. The van der Waals surface area contributed by atoms with Gasteiger partial charge in [-0.15, -0.1) is 0 Å². The van der Waals surface area contributed by atoms with Crippen LogP contribution < -0.4 is 5.73 Å². The largest absolute Gasteiger partial charge is 0.383 e. The minimum absolute atomic E-state index is 0.137. The van der Waals surface area contributed by atoms with Gasteiger partial charge in [-0.1, -0.05) is 24.3 Å². The Balaban J connectivity index is 1.22. The van der Waals surface area contributed by atoms with Gasteiger partial charge in [0.05, 0.1) is 24.4 Å². The summed E-state index contributed by atoms with van der Waals surface area (Å²) in [5.74, 6) is 1.32. The average Bonchev–Trinajstić information content (AvgIpc) is 3.09. The molecule has 0 radical (unpaired) electrons. The van der Waals surface area contributed by atoms with Crippen LogP contribution >= 0.6 is 0 Å². The number of sulfone groups is 1. The number of benzene rings is 1. The summed E-state index contributed by atoms with van der Waals surface area (Å²) < 4.78 is 30.9. The molecule has 2 aromatic heterocycles. The number of hydrogen-bond acceptors (Lipinski definition) is 7. The van der Waals surface area contributed by atoms with Crippen LogP contribution in [0.3, 0.4) is 0 Å². The molecule has 180 valence electrons. The second-order valence-corrected chi connectivity index (χ2v) is 12.9. The number of nitrogens with zero attached hydrogens (tertiary/aromatic N) is 4. The normalized spacial score (nSPS) is 24.0. The number of fused-ring (bicyclic) bond motifs is 1. The van der Waals surface area contributed by atoms with Gasteiger partial charge in [0.2, 0.25) is 0 Å². The van der Waals surface area contributed by atoms with E-state index in [4.69, 9.17) is 10.5 Å². The molecule has 6 rings (SSSR count). The van der Waals surface area contributed by atoms with E-state index in [1.54, 1.807) is 0 Å². The lowest BCUT2D eigenvalue weighted by atomic mass is 9.74. The third-order valence-electron chi connectivity index (χ3n) is 7.69. The van der Waals surface area contributed by atoms with Crippen LogP contribution in [0.1, 0.15) is 24.4 Å². The van der Waals surface area contributed by atoms with Crippen LogP contribution in [-0.4, -0.2) is 72.7 Å². The van der Waals surface area contributed by atoms with Crippen molar-refractivity contribution in [2.75, 3.05) is 50.6 Å². The van der Waals surface area contributed by atoms with E-state index >= 15 is 0 Å². The van der Waals surface area contributed by atoms with Crippen LogP contribution in [-0.2, 0) is 21.0 Å². The van der Waals surface area contributed by atoms with Crippen molar-refractivity contribution in [3.8, 4) is 11.1 Å². The van der Waals surface area contributed by atoms with E-state index in [-0.39, 0.29) is 5.75 Å². The molecule has 1 saturated carbocycles. The predicted molar refractivity (Wildman–Crippen MR) is 132 cm³/mol. The summed E-state index contributed by atoms with van der Waals surface area (Å²) in [6.07, 6.45) is 7.75. The molecule has 4 heterocycles. The molecule has 2 aliphatic heterocycles. The van der Waals surface area contributed by atoms with Crippen molar-refractivity contribution in [1.82, 2.24) is 19.4 Å². The molecule has 0 amide bonds. The second kappa shape index (κ2) is 8.03. The maximum atomic E-state index is 11.6. The summed E-state index contributed by atoms with van der Waals surface area (Å²) in [7, 11) is -3.01. The average molecular weight is 482 g/mol. The van der Waals surface area contributed by atoms with Crippen molar-refractivity contribution in [3.05, 3.63) is 42.4 Å². The van der Waals surface area contributed by atoms with E-state index < -0.39 is 9.84 Å². The van der Waals surface area contributed by atoms with Crippen LogP contribution in [0.4, 0.5) is 5.82 Å². The number of rotatable bonds is 7. The highest BCUT2D eigenvalue weighted by Crippen LogP contribution is 2.45. The first-order valence-electron chi connectivity index (χ1n) is 12.0. The van der Waals surface area contributed by atoms with Gasteiger partial charge in [-0.25, -0.2) is 18.4 Å². The summed E-state index contributed by atoms with van der Waals surface area (Å²) in [6, 6.07) is 8.46. The van der Waals surface area contributed by atoms with E-state index in [0.717, 1.165) is 53.8 Å². The number of aromatic nitrogens is 3. The molecule has 3 fully saturated rings. The highest BCUT2D eigenvalue weighted by atomic mass is 32.2. The van der Waals surface area contributed by atoms with Crippen LogP contribution in [0.5, 0.6) is 0 Å². The van der Waals surface area contributed by atoms with Crippen LogP contribution in [0.2, 0.25) is 0 Å². The minimum Gasteiger partial charge on any atom is -0.383 e. The first-order chi connectivity index (χ1) is 16.3. The van der Waals surface area contributed by atoms with E-state index in [1.165, 1.54) is 32.2 Å². The standard InChI is InChI=1S/C25H31N5O3S/c1-34(31,32)6-5-17-3-2-4-19(7-17)21-11-30(24-22(21)23(26)27-16-28-24)20-8-18(9-20)10-29-12-25(13-29)14-33-15-25/h2-4,7,11,16,18,20H,5-6,8-10,12-15H2,1H3,(H2,26,27,28). The molecule has 1 aliphatic carbocycles. The molecule has 1 spiro atoms. The third-order valence-corrected chi connectivity index (χ3v) is 8.64. The van der Waals surface area contributed by atoms with Gasteiger partial charge in [0.15, 0.2) is 0 Å². The second-order valence-electron chi connectivity index (χ2n) is 10.6. The van der Waals surface area contributed by atoms with Gasteiger partial charge in [-0.3, -0.25) is 0 Å². The van der Waals surface area contributed by atoms with E-state index in [0.29, 0.717) is 29.6 Å². The Labute approximate surface area is 200 Å². The molecule has 34 heavy (non-hydrogen) atoms. The number of ether oxygens (including phenoxy) is 1. The van der Waals surface area contributed by atoms with Gasteiger partial charge in [0, 0.05) is 49.1 Å². The number of aryl methyl sites for hydroxylation is 1. The van der Waals surface area contributed by atoms with E-state index in [1.807, 2.05) is 18.2 Å². The summed E-state index contributed by atoms with van der Waals surface area (Å²) >= 11 is 0. The lowest BCUT2D eigenvalue weighted by molar-refractivity contribution is -0.192. The lowest BCUT2D eigenvalue weighted by Gasteiger charge is -2.56. The molecule has 9 heteroatoms. The molecular weight excluding hydrogens is 450 g/mol. The number of nitrogen functional groups attached to an aromatic ring is 1. The molecule has 0 unspecified atom stereocenters. The fourth-order valence-corrected chi connectivity index (χ4v) is 6.46.